The van der Waals surface area contributed by atoms with E-state index in [2.05, 4.69) is 5.32 Å². The van der Waals surface area contributed by atoms with Gasteiger partial charge in [-0.2, -0.15) is 0 Å². The number of benzene rings is 3. The molecule has 0 bridgehead atoms. The third kappa shape index (κ3) is 4.55. The van der Waals surface area contributed by atoms with Crippen LogP contribution in [0.3, 0.4) is 0 Å². The molecule has 0 aliphatic rings. The molecule has 0 unspecified atom stereocenters. The van der Waals surface area contributed by atoms with E-state index in [1.54, 1.807) is 17.6 Å². The molecule has 34 heavy (non-hydrogen) atoms. The van der Waals surface area contributed by atoms with Crippen LogP contribution in [0.15, 0.2) is 77.7 Å². The Kier molecular flexibility index (Phi) is 6.72. The standard InChI is InChI=1S/C27H23F3N2O2/c1-17-20(14-31-18-8-4-3-5-9-18)27(33)21(19-10-6-13-25(34-2)26(19)30)15-32(17)16-22-23(28)11-7-12-24(22)29/h3-13,15,31H,14,16H2,1-2H3. The fraction of sp³-hybridized carbons (Fsp3) is 0.148. The number of hydrogen-bond donors (Lipinski definition) is 1. The highest BCUT2D eigenvalue weighted by atomic mass is 19.1. The van der Waals surface area contributed by atoms with Gasteiger partial charge in [-0.25, -0.2) is 13.2 Å². The van der Waals surface area contributed by atoms with E-state index in [9.17, 15) is 13.6 Å². The maximum Gasteiger partial charge on any atom is 0.194 e. The molecule has 0 fully saturated rings. The van der Waals surface area contributed by atoms with Gasteiger partial charge in [-0.1, -0.05) is 36.4 Å². The highest BCUT2D eigenvalue weighted by Crippen LogP contribution is 2.28. The zero-order valence-corrected chi connectivity index (χ0v) is 18.7. The SMILES string of the molecule is COc1cccc(-c2cn(Cc3c(F)cccc3F)c(C)c(CNc3ccccc3)c2=O)c1F. The molecule has 0 aliphatic heterocycles. The van der Waals surface area contributed by atoms with E-state index in [0.29, 0.717) is 11.3 Å². The van der Waals surface area contributed by atoms with Crippen LogP contribution in [-0.2, 0) is 13.1 Å². The quantitative estimate of drug-likeness (QED) is 0.370. The van der Waals surface area contributed by atoms with Crippen LogP contribution in [0.2, 0.25) is 0 Å². The highest BCUT2D eigenvalue weighted by Gasteiger charge is 2.20. The van der Waals surface area contributed by atoms with E-state index in [-0.39, 0.29) is 41.0 Å². The summed E-state index contributed by atoms with van der Waals surface area (Å²) < 4.78 is 50.5. The van der Waals surface area contributed by atoms with Gasteiger partial charge in [0, 0.05) is 46.4 Å². The summed E-state index contributed by atoms with van der Waals surface area (Å²) in [5.74, 6) is -2.09. The van der Waals surface area contributed by atoms with Crippen LogP contribution in [0.4, 0.5) is 18.9 Å². The zero-order valence-electron chi connectivity index (χ0n) is 18.7. The van der Waals surface area contributed by atoms with Gasteiger partial charge in [-0.3, -0.25) is 4.79 Å². The van der Waals surface area contributed by atoms with E-state index >= 15 is 4.39 Å². The second-order valence-corrected chi connectivity index (χ2v) is 7.81. The molecule has 0 radical (unpaired) electrons. The molecular formula is C27H23F3N2O2. The molecule has 174 valence electrons. The summed E-state index contributed by atoms with van der Waals surface area (Å²) in [4.78, 5) is 13.5. The van der Waals surface area contributed by atoms with Crippen molar-refractivity contribution in [1.29, 1.82) is 0 Å². The van der Waals surface area contributed by atoms with Gasteiger partial charge in [0.2, 0.25) is 0 Å². The molecule has 4 aromatic rings. The van der Waals surface area contributed by atoms with Crippen LogP contribution in [-0.4, -0.2) is 11.7 Å². The van der Waals surface area contributed by atoms with Gasteiger partial charge in [0.05, 0.1) is 13.7 Å². The number of rotatable bonds is 7. The van der Waals surface area contributed by atoms with Crippen molar-refractivity contribution >= 4 is 5.69 Å². The van der Waals surface area contributed by atoms with Crippen molar-refractivity contribution in [3.05, 3.63) is 117 Å². The number of para-hydroxylation sites is 1. The number of nitrogens with one attached hydrogen (secondary N) is 1. The van der Waals surface area contributed by atoms with Crippen molar-refractivity contribution in [2.24, 2.45) is 0 Å². The number of halogens is 3. The summed E-state index contributed by atoms with van der Waals surface area (Å²) in [7, 11) is 1.34. The van der Waals surface area contributed by atoms with Gasteiger partial charge in [-0.05, 0) is 37.3 Å². The molecule has 0 spiro atoms. The molecule has 3 aromatic carbocycles. The lowest BCUT2D eigenvalue weighted by Gasteiger charge is -2.19. The molecule has 4 rings (SSSR count). The van der Waals surface area contributed by atoms with Gasteiger partial charge >= 0.3 is 0 Å². The number of methoxy groups -OCH3 is 1. The van der Waals surface area contributed by atoms with Crippen molar-refractivity contribution in [3.8, 4) is 16.9 Å². The summed E-state index contributed by atoms with van der Waals surface area (Å²) in [5, 5.41) is 3.19. The van der Waals surface area contributed by atoms with Crippen molar-refractivity contribution in [1.82, 2.24) is 4.57 Å². The lowest BCUT2D eigenvalue weighted by atomic mass is 10.0. The first-order valence-corrected chi connectivity index (χ1v) is 10.7. The topological polar surface area (TPSA) is 43.3 Å². The Morgan fingerprint density at radius 3 is 2.21 bits per heavy atom. The first kappa shape index (κ1) is 23.2. The molecule has 4 nitrogen and oxygen atoms in total. The molecule has 0 atom stereocenters. The molecule has 7 heteroatoms. The fourth-order valence-corrected chi connectivity index (χ4v) is 3.85. The smallest absolute Gasteiger partial charge is 0.194 e. The second-order valence-electron chi connectivity index (χ2n) is 7.81. The summed E-state index contributed by atoms with van der Waals surface area (Å²) in [6.45, 7) is 1.68. The monoisotopic (exact) mass is 464 g/mol. The van der Waals surface area contributed by atoms with Gasteiger partial charge in [-0.15, -0.1) is 0 Å². The van der Waals surface area contributed by atoms with Crippen molar-refractivity contribution in [2.45, 2.75) is 20.0 Å². The first-order valence-electron chi connectivity index (χ1n) is 10.7. The minimum Gasteiger partial charge on any atom is -0.494 e. The van der Waals surface area contributed by atoms with Crippen molar-refractivity contribution < 1.29 is 17.9 Å². The number of ether oxygens (including phenoxy) is 1. The fourth-order valence-electron chi connectivity index (χ4n) is 3.85. The Morgan fingerprint density at radius 1 is 0.853 bits per heavy atom. The number of anilines is 1. The zero-order chi connectivity index (χ0) is 24.2. The summed E-state index contributed by atoms with van der Waals surface area (Å²) >= 11 is 0. The average molecular weight is 464 g/mol. The van der Waals surface area contributed by atoms with Crippen LogP contribution < -0.4 is 15.5 Å². The Morgan fingerprint density at radius 2 is 1.53 bits per heavy atom. The summed E-state index contributed by atoms with van der Waals surface area (Å²) in [5.41, 5.74) is 1.28. The lowest BCUT2D eigenvalue weighted by molar-refractivity contribution is 0.387. The van der Waals surface area contributed by atoms with Crippen LogP contribution in [0.25, 0.3) is 11.1 Å². The largest absolute Gasteiger partial charge is 0.494 e. The van der Waals surface area contributed by atoms with Crippen molar-refractivity contribution in [2.75, 3.05) is 12.4 Å². The summed E-state index contributed by atoms with van der Waals surface area (Å²) in [6, 6.07) is 17.5. The van der Waals surface area contributed by atoms with Gasteiger partial charge < -0.3 is 14.6 Å². The normalized spacial score (nSPS) is 10.9. The van der Waals surface area contributed by atoms with Crippen LogP contribution in [0.1, 0.15) is 16.8 Å². The van der Waals surface area contributed by atoms with E-state index in [1.165, 1.54) is 43.6 Å². The van der Waals surface area contributed by atoms with Crippen LogP contribution >= 0.6 is 0 Å². The number of nitrogens with zero attached hydrogens (tertiary/aromatic N) is 1. The number of hydrogen-bond acceptors (Lipinski definition) is 3. The van der Waals surface area contributed by atoms with E-state index < -0.39 is 17.5 Å². The molecule has 0 amide bonds. The minimum atomic E-state index is -0.698. The maximum atomic E-state index is 15.1. The number of pyridine rings is 1. The molecule has 0 saturated carbocycles. The van der Waals surface area contributed by atoms with Gasteiger partial charge in [0.15, 0.2) is 17.0 Å². The van der Waals surface area contributed by atoms with E-state index in [4.69, 9.17) is 4.74 Å². The minimum absolute atomic E-state index is 0.00636. The second kappa shape index (κ2) is 9.87. The highest BCUT2D eigenvalue weighted by molar-refractivity contribution is 5.66. The predicted molar refractivity (Wildman–Crippen MR) is 127 cm³/mol. The Bertz CT molecular complexity index is 1360. The Hall–Kier alpha value is -4.00. The third-order valence-corrected chi connectivity index (χ3v) is 5.78. The van der Waals surface area contributed by atoms with Crippen molar-refractivity contribution in [3.63, 3.8) is 0 Å². The maximum absolute atomic E-state index is 15.1. The predicted octanol–water partition coefficient (Wildman–Crippen LogP) is 5.91. The molecule has 0 aliphatic carbocycles. The lowest BCUT2D eigenvalue weighted by Crippen LogP contribution is -2.23. The van der Waals surface area contributed by atoms with E-state index in [0.717, 1.165) is 5.69 Å². The molecule has 0 saturated heterocycles. The Labute approximate surface area is 195 Å². The molecule has 1 N–H and O–H groups in total. The molecular weight excluding hydrogens is 441 g/mol. The van der Waals surface area contributed by atoms with E-state index in [1.807, 2.05) is 30.3 Å². The molecule has 1 aromatic heterocycles. The third-order valence-electron chi connectivity index (χ3n) is 5.78. The van der Waals surface area contributed by atoms with Gasteiger partial charge in [0.25, 0.3) is 0 Å². The Balaban J connectivity index is 1.87. The molecule has 1 heterocycles. The van der Waals surface area contributed by atoms with Crippen LogP contribution in [0.5, 0.6) is 5.75 Å². The summed E-state index contributed by atoms with van der Waals surface area (Å²) in [6.07, 6.45) is 1.44. The average Bonchev–Trinajstić information content (AvgIpc) is 2.84. The van der Waals surface area contributed by atoms with Gasteiger partial charge in [0.1, 0.15) is 11.6 Å². The van der Waals surface area contributed by atoms with Crippen LogP contribution in [0, 0.1) is 24.4 Å². The first-order chi connectivity index (χ1) is 16.4. The number of aromatic nitrogens is 1.